The van der Waals surface area contributed by atoms with Gasteiger partial charge < -0.3 is 9.30 Å². The number of fused-ring (bicyclic) bond motifs is 1. The highest BCUT2D eigenvalue weighted by Crippen LogP contribution is 2.23. The fraction of sp³-hybridized carbons (Fsp3) is 0.600. The van der Waals surface area contributed by atoms with Crippen molar-refractivity contribution in [1.82, 2.24) is 24.2 Å². The van der Waals surface area contributed by atoms with Gasteiger partial charge in [-0.2, -0.15) is 5.10 Å². The fourth-order valence-corrected chi connectivity index (χ4v) is 3.32. The molecule has 4 rings (SSSR count). The van der Waals surface area contributed by atoms with Gasteiger partial charge in [0.05, 0.1) is 24.5 Å². The standard InChI is InChI=1S/C15H21N5O/c1-12-6-17-20(8-12)13-2-3-18(9-13)10-14-7-16-15-11-21-5-4-19(14)15/h6-8,13H,2-5,9-11H2,1H3. The summed E-state index contributed by atoms with van der Waals surface area (Å²) in [7, 11) is 0. The zero-order valence-electron chi connectivity index (χ0n) is 12.4. The fourth-order valence-electron chi connectivity index (χ4n) is 3.32. The smallest absolute Gasteiger partial charge is 0.135 e. The van der Waals surface area contributed by atoms with Crippen molar-refractivity contribution in [2.75, 3.05) is 19.7 Å². The summed E-state index contributed by atoms with van der Waals surface area (Å²) in [4.78, 5) is 6.97. The van der Waals surface area contributed by atoms with Crippen LogP contribution in [0.25, 0.3) is 0 Å². The predicted molar refractivity (Wildman–Crippen MR) is 77.8 cm³/mol. The maximum atomic E-state index is 5.45. The first-order valence-corrected chi connectivity index (χ1v) is 7.64. The lowest BCUT2D eigenvalue weighted by Gasteiger charge is -2.20. The summed E-state index contributed by atoms with van der Waals surface area (Å²) in [5, 5.41) is 4.46. The van der Waals surface area contributed by atoms with Gasteiger partial charge in [0.1, 0.15) is 12.4 Å². The minimum atomic E-state index is 0.505. The Morgan fingerprint density at radius 1 is 1.33 bits per heavy atom. The van der Waals surface area contributed by atoms with Crippen molar-refractivity contribution in [1.29, 1.82) is 0 Å². The molecule has 0 aromatic carbocycles. The Labute approximate surface area is 124 Å². The van der Waals surface area contributed by atoms with Crippen molar-refractivity contribution < 1.29 is 4.74 Å². The van der Waals surface area contributed by atoms with E-state index in [-0.39, 0.29) is 0 Å². The van der Waals surface area contributed by atoms with E-state index in [1.807, 2.05) is 12.4 Å². The van der Waals surface area contributed by atoms with Crippen molar-refractivity contribution in [3.05, 3.63) is 35.7 Å². The van der Waals surface area contributed by atoms with Gasteiger partial charge in [-0.1, -0.05) is 0 Å². The molecule has 6 nitrogen and oxygen atoms in total. The molecule has 1 fully saturated rings. The Kier molecular flexibility index (Phi) is 3.27. The Balaban J connectivity index is 1.43. The van der Waals surface area contributed by atoms with E-state index >= 15 is 0 Å². The molecule has 0 aliphatic carbocycles. The molecule has 0 amide bonds. The number of rotatable bonds is 3. The molecule has 2 aromatic heterocycles. The van der Waals surface area contributed by atoms with Crippen LogP contribution < -0.4 is 0 Å². The van der Waals surface area contributed by atoms with Crippen LogP contribution in [0.3, 0.4) is 0 Å². The van der Waals surface area contributed by atoms with E-state index in [9.17, 15) is 0 Å². The van der Waals surface area contributed by atoms with Crippen molar-refractivity contribution in [2.45, 2.75) is 39.1 Å². The number of imidazole rings is 1. The summed E-state index contributed by atoms with van der Waals surface area (Å²) in [5.41, 5.74) is 2.55. The van der Waals surface area contributed by atoms with Gasteiger partial charge in [0.15, 0.2) is 0 Å². The van der Waals surface area contributed by atoms with Crippen LogP contribution >= 0.6 is 0 Å². The molecule has 0 bridgehead atoms. The van der Waals surface area contributed by atoms with Gasteiger partial charge in [0, 0.05) is 38.6 Å². The third-order valence-corrected chi connectivity index (χ3v) is 4.45. The molecule has 0 radical (unpaired) electrons. The lowest BCUT2D eigenvalue weighted by Crippen LogP contribution is -2.25. The monoisotopic (exact) mass is 287 g/mol. The normalized spacial score (nSPS) is 22.6. The zero-order chi connectivity index (χ0) is 14.2. The first-order valence-electron chi connectivity index (χ1n) is 7.64. The summed E-state index contributed by atoms with van der Waals surface area (Å²) < 4.78 is 9.88. The second-order valence-electron chi connectivity index (χ2n) is 6.05. The van der Waals surface area contributed by atoms with Gasteiger partial charge in [-0.15, -0.1) is 0 Å². The largest absolute Gasteiger partial charge is 0.372 e. The van der Waals surface area contributed by atoms with Gasteiger partial charge in [-0.3, -0.25) is 9.58 Å². The molecule has 6 heteroatoms. The molecule has 4 heterocycles. The van der Waals surface area contributed by atoms with Crippen molar-refractivity contribution in [3.8, 4) is 0 Å². The number of ether oxygens (including phenoxy) is 1. The molecule has 1 saturated heterocycles. The second-order valence-corrected chi connectivity index (χ2v) is 6.05. The minimum absolute atomic E-state index is 0.505. The second kappa shape index (κ2) is 5.27. The summed E-state index contributed by atoms with van der Waals surface area (Å²) >= 11 is 0. The maximum Gasteiger partial charge on any atom is 0.135 e. The average molecular weight is 287 g/mol. The Hall–Kier alpha value is -1.66. The van der Waals surface area contributed by atoms with E-state index in [1.165, 1.54) is 17.7 Å². The molecular weight excluding hydrogens is 266 g/mol. The average Bonchev–Trinajstić information content (AvgIpc) is 3.20. The predicted octanol–water partition coefficient (Wildman–Crippen LogP) is 1.37. The van der Waals surface area contributed by atoms with E-state index in [0.717, 1.165) is 38.6 Å². The molecule has 21 heavy (non-hydrogen) atoms. The third-order valence-electron chi connectivity index (χ3n) is 4.45. The van der Waals surface area contributed by atoms with E-state index < -0.39 is 0 Å². The summed E-state index contributed by atoms with van der Waals surface area (Å²) in [5.74, 6) is 1.06. The van der Waals surface area contributed by atoms with E-state index in [1.54, 1.807) is 0 Å². The number of hydrogen-bond donors (Lipinski definition) is 0. The molecule has 2 aromatic rings. The first-order chi connectivity index (χ1) is 10.3. The zero-order valence-corrected chi connectivity index (χ0v) is 12.4. The van der Waals surface area contributed by atoms with Crippen LogP contribution in [0.2, 0.25) is 0 Å². The molecule has 0 spiro atoms. The van der Waals surface area contributed by atoms with Crippen LogP contribution in [0.5, 0.6) is 0 Å². The van der Waals surface area contributed by atoms with Crippen LogP contribution in [0, 0.1) is 6.92 Å². The van der Waals surface area contributed by atoms with E-state index in [2.05, 4.69) is 37.4 Å². The lowest BCUT2D eigenvalue weighted by atomic mass is 10.3. The molecule has 1 atom stereocenters. The lowest BCUT2D eigenvalue weighted by molar-refractivity contribution is 0.0798. The molecule has 1 unspecified atom stereocenters. The van der Waals surface area contributed by atoms with Crippen LogP contribution in [0.15, 0.2) is 18.6 Å². The molecule has 2 aliphatic heterocycles. The van der Waals surface area contributed by atoms with Gasteiger partial charge in [0.2, 0.25) is 0 Å². The molecule has 112 valence electrons. The molecule has 2 aliphatic rings. The summed E-state index contributed by atoms with van der Waals surface area (Å²) in [6.07, 6.45) is 7.27. The van der Waals surface area contributed by atoms with E-state index in [0.29, 0.717) is 12.6 Å². The quantitative estimate of drug-likeness (QED) is 0.855. The van der Waals surface area contributed by atoms with Gasteiger partial charge >= 0.3 is 0 Å². The van der Waals surface area contributed by atoms with Crippen LogP contribution in [-0.2, 0) is 24.4 Å². The molecule has 0 N–H and O–H groups in total. The number of aryl methyl sites for hydroxylation is 1. The molecular formula is C15H21N5O. The third kappa shape index (κ3) is 2.49. The van der Waals surface area contributed by atoms with Gasteiger partial charge in [0.25, 0.3) is 0 Å². The van der Waals surface area contributed by atoms with Gasteiger partial charge in [-0.25, -0.2) is 4.98 Å². The first kappa shape index (κ1) is 13.0. The summed E-state index contributed by atoms with van der Waals surface area (Å²) in [6.45, 7) is 7.64. The number of likely N-dealkylation sites (tertiary alicyclic amines) is 1. The highest BCUT2D eigenvalue weighted by Gasteiger charge is 2.26. The van der Waals surface area contributed by atoms with Gasteiger partial charge in [-0.05, 0) is 18.9 Å². The Morgan fingerprint density at radius 3 is 3.14 bits per heavy atom. The SMILES string of the molecule is Cc1cnn(C2CCN(Cc3cnc4n3CCOC4)C2)c1. The van der Waals surface area contributed by atoms with Crippen LogP contribution in [-0.4, -0.2) is 43.9 Å². The Morgan fingerprint density at radius 2 is 2.29 bits per heavy atom. The van der Waals surface area contributed by atoms with Crippen molar-refractivity contribution in [2.24, 2.45) is 0 Å². The maximum absolute atomic E-state index is 5.45. The van der Waals surface area contributed by atoms with Crippen molar-refractivity contribution >= 4 is 0 Å². The highest BCUT2D eigenvalue weighted by molar-refractivity contribution is 5.07. The number of hydrogen-bond acceptors (Lipinski definition) is 4. The van der Waals surface area contributed by atoms with Crippen molar-refractivity contribution in [3.63, 3.8) is 0 Å². The summed E-state index contributed by atoms with van der Waals surface area (Å²) in [6, 6.07) is 0.505. The van der Waals surface area contributed by atoms with Crippen LogP contribution in [0.4, 0.5) is 0 Å². The Bertz CT molecular complexity index is 632. The highest BCUT2D eigenvalue weighted by atomic mass is 16.5. The minimum Gasteiger partial charge on any atom is -0.372 e. The number of nitrogens with zero attached hydrogens (tertiary/aromatic N) is 5. The number of aromatic nitrogens is 4. The van der Waals surface area contributed by atoms with Crippen LogP contribution in [0.1, 0.15) is 29.5 Å². The topological polar surface area (TPSA) is 48.1 Å². The van der Waals surface area contributed by atoms with E-state index in [4.69, 9.17) is 4.74 Å². The molecule has 0 saturated carbocycles.